The lowest BCUT2D eigenvalue weighted by atomic mass is 9.72. The Labute approximate surface area is 133 Å². The van der Waals surface area contributed by atoms with Crippen LogP contribution in [0.4, 0.5) is 0 Å². The van der Waals surface area contributed by atoms with Crippen molar-refractivity contribution in [3.63, 3.8) is 0 Å². The van der Waals surface area contributed by atoms with Crippen molar-refractivity contribution < 1.29 is 20.8 Å². The standard InChI is InChI=1S/C17H27NO2/c1-18(2)13-16(17(19)11-5-4-6-12-17)14-7-9-15(20-3)10-8-14/h7-10,16,19H,4-6,11-13H2,1-3H3/i1D3,2D3,13D2. The first kappa shape index (κ1) is 7.81. The van der Waals surface area contributed by atoms with Crippen LogP contribution in [0.2, 0.25) is 0 Å². The maximum atomic E-state index is 11.4. The first-order chi connectivity index (χ1) is 12.7. The largest absolute Gasteiger partial charge is 0.497 e. The van der Waals surface area contributed by atoms with Gasteiger partial charge in [-0.25, -0.2) is 0 Å². The highest BCUT2D eigenvalue weighted by molar-refractivity contribution is 5.31. The fourth-order valence-corrected chi connectivity index (χ4v) is 2.88. The van der Waals surface area contributed by atoms with Crippen LogP contribution in [0, 0.1) is 0 Å². The second kappa shape index (κ2) is 6.59. The molecule has 1 unspecified atom stereocenters. The third-order valence-electron chi connectivity index (χ3n) is 3.96. The van der Waals surface area contributed by atoms with E-state index in [0.29, 0.717) is 24.2 Å². The monoisotopic (exact) mass is 285 g/mol. The predicted octanol–water partition coefficient (Wildman–Crippen LogP) is 3.04. The van der Waals surface area contributed by atoms with Gasteiger partial charge < -0.3 is 14.7 Å². The van der Waals surface area contributed by atoms with Gasteiger partial charge in [-0.3, -0.25) is 0 Å². The molecule has 1 aliphatic carbocycles. The number of rotatable bonds is 5. The van der Waals surface area contributed by atoms with Gasteiger partial charge in [-0.05, 0) is 44.5 Å². The summed E-state index contributed by atoms with van der Waals surface area (Å²) in [6, 6.07) is 6.26. The SMILES string of the molecule is [2H]C([2H])([2H])N(C([2H])([2H])[2H])C([2H])([2H])C(c1ccc(OC)cc1)C1(O)CCCCC1. The molecule has 1 atom stereocenters. The summed E-state index contributed by atoms with van der Waals surface area (Å²) in [5.41, 5.74) is -1.24. The van der Waals surface area contributed by atoms with E-state index in [-0.39, 0.29) is 17.7 Å². The van der Waals surface area contributed by atoms with Gasteiger partial charge >= 0.3 is 0 Å². The average Bonchev–Trinajstić information content (AvgIpc) is 2.52. The van der Waals surface area contributed by atoms with Gasteiger partial charge in [-0.2, -0.15) is 0 Å². The number of hydrogen-bond acceptors (Lipinski definition) is 3. The molecule has 1 aliphatic rings. The van der Waals surface area contributed by atoms with Gasteiger partial charge in [-0.15, -0.1) is 0 Å². The normalized spacial score (nSPS) is 27.8. The van der Waals surface area contributed by atoms with E-state index in [0.717, 1.165) is 6.42 Å². The highest BCUT2D eigenvalue weighted by atomic mass is 16.5. The number of aliphatic hydroxyl groups is 1. The van der Waals surface area contributed by atoms with Crippen molar-refractivity contribution in [2.45, 2.75) is 43.6 Å². The van der Waals surface area contributed by atoms with Gasteiger partial charge in [0.15, 0.2) is 0 Å². The summed E-state index contributed by atoms with van der Waals surface area (Å²) in [5.74, 6) is -0.853. The lowest BCUT2D eigenvalue weighted by Crippen LogP contribution is -2.42. The van der Waals surface area contributed by atoms with Gasteiger partial charge in [0, 0.05) is 23.4 Å². The molecule has 1 fully saturated rings. The lowest BCUT2D eigenvalue weighted by molar-refractivity contribution is -0.0277. The van der Waals surface area contributed by atoms with E-state index >= 15 is 0 Å². The molecule has 20 heavy (non-hydrogen) atoms. The van der Waals surface area contributed by atoms with Crippen LogP contribution in [-0.4, -0.2) is 43.2 Å². The maximum absolute atomic E-state index is 11.4. The number of benzene rings is 1. The Morgan fingerprint density at radius 3 is 2.50 bits per heavy atom. The number of ether oxygens (including phenoxy) is 1. The summed E-state index contributed by atoms with van der Waals surface area (Å²) < 4.78 is 68.3. The van der Waals surface area contributed by atoms with E-state index < -0.39 is 32.0 Å². The fraction of sp³-hybridized carbons (Fsp3) is 0.647. The second-order valence-electron chi connectivity index (χ2n) is 5.33. The first-order valence-corrected chi connectivity index (χ1v) is 6.90. The molecule has 0 amide bonds. The van der Waals surface area contributed by atoms with Gasteiger partial charge in [0.05, 0.1) is 12.7 Å². The van der Waals surface area contributed by atoms with Crippen molar-refractivity contribution >= 4 is 0 Å². The molecule has 0 radical (unpaired) electrons. The molecule has 3 heteroatoms. The molecule has 112 valence electrons. The fourth-order valence-electron chi connectivity index (χ4n) is 2.88. The number of likely N-dealkylation sites (N-methyl/N-ethyl adjacent to an activating group) is 1. The minimum atomic E-state index is -3.22. The molecule has 0 bridgehead atoms. The molecule has 0 heterocycles. The highest BCUT2D eigenvalue weighted by Gasteiger charge is 2.38. The van der Waals surface area contributed by atoms with Crippen LogP contribution in [0.1, 0.15) is 54.6 Å². The lowest BCUT2D eigenvalue weighted by Gasteiger charge is -2.40. The molecule has 0 spiro atoms. The van der Waals surface area contributed by atoms with Crippen molar-refractivity contribution in [2.24, 2.45) is 0 Å². The topological polar surface area (TPSA) is 32.7 Å². The van der Waals surface area contributed by atoms with Crippen molar-refractivity contribution in [3.05, 3.63) is 29.8 Å². The molecular formula is C17H27NO2. The molecular weight excluding hydrogens is 250 g/mol. The Kier molecular flexibility index (Phi) is 2.57. The van der Waals surface area contributed by atoms with E-state index in [2.05, 4.69) is 0 Å². The summed E-state index contributed by atoms with van der Waals surface area (Å²) in [5, 5.41) is 11.4. The van der Waals surface area contributed by atoms with E-state index in [1.165, 1.54) is 7.11 Å². The smallest absolute Gasteiger partial charge is 0.118 e. The van der Waals surface area contributed by atoms with Crippen molar-refractivity contribution in [2.75, 3.05) is 27.6 Å². The van der Waals surface area contributed by atoms with Gasteiger partial charge in [0.1, 0.15) is 5.75 Å². The Morgan fingerprint density at radius 2 is 1.95 bits per heavy atom. The Bertz CT molecular complexity index is 637. The third kappa shape index (κ3) is 3.53. The minimum Gasteiger partial charge on any atom is -0.497 e. The predicted molar refractivity (Wildman–Crippen MR) is 82.3 cm³/mol. The zero-order valence-corrected chi connectivity index (χ0v) is 11.7. The van der Waals surface area contributed by atoms with E-state index in [1.807, 2.05) is 0 Å². The molecule has 2 rings (SSSR count). The summed E-state index contributed by atoms with van der Waals surface area (Å²) in [6.07, 6.45) is 2.71. The first-order valence-electron chi connectivity index (χ1n) is 10.9. The molecule has 1 N–H and O–H groups in total. The van der Waals surface area contributed by atoms with E-state index in [9.17, 15) is 5.11 Å². The highest BCUT2D eigenvalue weighted by Crippen LogP contribution is 2.40. The van der Waals surface area contributed by atoms with Gasteiger partial charge in [0.25, 0.3) is 0 Å². The van der Waals surface area contributed by atoms with Crippen LogP contribution < -0.4 is 4.74 Å². The molecule has 0 aromatic heterocycles. The van der Waals surface area contributed by atoms with E-state index in [1.54, 1.807) is 24.3 Å². The van der Waals surface area contributed by atoms with Crippen LogP contribution in [0.5, 0.6) is 5.75 Å². The number of nitrogens with zero attached hydrogens (tertiary/aromatic N) is 1. The minimum absolute atomic E-state index is 0.0610. The molecule has 0 saturated heterocycles. The van der Waals surface area contributed by atoms with Gasteiger partial charge in [-0.1, -0.05) is 31.4 Å². The number of hydrogen-bond donors (Lipinski definition) is 1. The summed E-state index contributed by atoms with van der Waals surface area (Å²) in [6.45, 7) is -9.30. The van der Waals surface area contributed by atoms with Crippen molar-refractivity contribution in [1.82, 2.24) is 4.90 Å². The van der Waals surface area contributed by atoms with Crippen molar-refractivity contribution in [1.29, 1.82) is 0 Å². The summed E-state index contributed by atoms with van der Waals surface area (Å²) in [7, 11) is 1.48. The van der Waals surface area contributed by atoms with Crippen LogP contribution in [-0.2, 0) is 0 Å². The molecule has 1 aromatic carbocycles. The molecule has 1 aromatic rings. The second-order valence-corrected chi connectivity index (χ2v) is 5.33. The quantitative estimate of drug-likeness (QED) is 0.902. The summed E-state index contributed by atoms with van der Waals surface area (Å²) >= 11 is 0. The Hall–Kier alpha value is -1.06. The van der Waals surface area contributed by atoms with Crippen LogP contribution in [0.3, 0.4) is 0 Å². The van der Waals surface area contributed by atoms with E-state index in [4.69, 9.17) is 15.7 Å². The molecule has 0 aliphatic heterocycles. The van der Waals surface area contributed by atoms with Crippen LogP contribution in [0.15, 0.2) is 24.3 Å². The Balaban J connectivity index is 2.64. The zero-order chi connectivity index (χ0) is 21.4. The summed E-state index contributed by atoms with van der Waals surface area (Å²) in [4.78, 5) is -0.0610. The van der Waals surface area contributed by atoms with Gasteiger partial charge in [0.2, 0.25) is 0 Å². The zero-order valence-electron chi connectivity index (χ0n) is 19.7. The average molecular weight is 285 g/mol. The molecule has 1 saturated carbocycles. The maximum Gasteiger partial charge on any atom is 0.118 e. The third-order valence-corrected chi connectivity index (χ3v) is 3.96. The molecule has 3 nitrogen and oxygen atoms in total. The van der Waals surface area contributed by atoms with Crippen LogP contribution in [0.25, 0.3) is 0 Å². The Morgan fingerprint density at radius 1 is 1.30 bits per heavy atom. The van der Waals surface area contributed by atoms with Crippen molar-refractivity contribution in [3.8, 4) is 5.75 Å². The number of methoxy groups -OCH3 is 1. The van der Waals surface area contributed by atoms with Crippen LogP contribution >= 0.6 is 0 Å².